The first-order chi connectivity index (χ1) is 16.2. The number of furan rings is 1. The molecule has 0 radical (unpaired) electrons. The third kappa shape index (κ3) is 4.82. The first-order valence-corrected chi connectivity index (χ1v) is 11.2. The van der Waals surface area contributed by atoms with E-state index in [-0.39, 0.29) is 5.75 Å². The van der Waals surface area contributed by atoms with Crippen LogP contribution < -0.4 is 9.64 Å². The molecule has 7 nitrogen and oxygen atoms in total. The lowest BCUT2D eigenvalue weighted by Crippen LogP contribution is -2.27. The van der Waals surface area contributed by atoms with Gasteiger partial charge in [0.15, 0.2) is 0 Å². The molecule has 33 heavy (non-hydrogen) atoms. The second kappa shape index (κ2) is 9.32. The number of methoxy groups -OCH3 is 1. The van der Waals surface area contributed by atoms with E-state index in [2.05, 4.69) is 17.0 Å². The van der Waals surface area contributed by atoms with Crippen LogP contribution in [-0.2, 0) is 25.7 Å². The maximum absolute atomic E-state index is 9.61. The molecular weight excluding hydrogens is 416 g/mol. The fraction of sp³-hybridized carbons (Fsp3) is 0.269. The average molecular weight is 443 g/mol. The monoisotopic (exact) mass is 442 g/mol. The molecule has 0 spiro atoms. The number of phenols is 1. The Hall–Kier alpha value is -3.87. The summed E-state index contributed by atoms with van der Waals surface area (Å²) in [7, 11) is 1.69. The van der Waals surface area contributed by atoms with Crippen LogP contribution in [0.5, 0.6) is 11.5 Å². The molecule has 2 aromatic heterocycles. The van der Waals surface area contributed by atoms with Gasteiger partial charge in [-0.2, -0.15) is 9.97 Å². The molecular formula is C26H26N4O3. The van der Waals surface area contributed by atoms with Gasteiger partial charge in [-0.1, -0.05) is 12.1 Å². The Labute approximate surface area is 192 Å². The van der Waals surface area contributed by atoms with Gasteiger partial charge in [0.05, 0.1) is 13.4 Å². The molecule has 0 unspecified atom stereocenters. The van der Waals surface area contributed by atoms with Gasteiger partial charge in [-0.25, -0.2) is 4.98 Å². The lowest BCUT2D eigenvalue weighted by molar-refractivity contribution is 0.414. The number of anilines is 2. The predicted octanol–water partition coefficient (Wildman–Crippen LogP) is 4.64. The summed E-state index contributed by atoms with van der Waals surface area (Å²) in [5.74, 6) is 4.13. The standard InChI is InChI=1S/C26H26N4O3/c1-32-22-10-12-23-19(17-22)4-2-14-30(23)26-28-24(13-11-21-5-3-15-33-21)27-25(29-26)16-18-6-8-20(31)9-7-18/h3,5-10,12,15,17,31H,2,4,11,13-14,16H2,1H3. The fourth-order valence-electron chi connectivity index (χ4n) is 4.16. The molecule has 4 aromatic rings. The molecule has 1 aliphatic rings. The van der Waals surface area contributed by atoms with Gasteiger partial charge in [-0.15, -0.1) is 0 Å². The third-order valence-electron chi connectivity index (χ3n) is 5.84. The van der Waals surface area contributed by atoms with E-state index in [0.717, 1.165) is 54.4 Å². The van der Waals surface area contributed by atoms with Crippen molar-refractivity contribution in [3.05, 3.63) is 89.4 Å². The molecule has 5 rings (SSSR count). The van der Waals surface area contributed by atoms with Crippen LogP contribution in [0.2, 0.25) is 0 Å². The highest BCUT2D eigenvalue weighted by Gasteiger charge is 2.22. The highest BCUT2D eigenvalue weighted by Crippen LogP contribution is 2.34. The van der Waals surface area contributed by atoms with Crippen LogP contribution in [0.4, 0.5) is 11.6 Å². The highest BCUT2D eigenvalue weighted by molar-refractivity contribution is 5.65. The number of hydrogen-bond acceptors (Lipinski definition) is 7. The van der Waals surface area contributed by atoms with Crippen molar-refractivity contribution >= 4 is 11.6 Å². The van der Waals surface area contributed by atoms with Gasteiger partial charge in [0.1, 0.15) is 28.9 Å². The maximum Gasteiger partial charge on any atom is 0.233 e. The topological polar surface area (TPSA) is 84.5 Å². The maximum atomic E-state index is 9.61. The van der Waals surface area contributed by atoms with Crippen LogP contribution in [-0.4, -0.2) is 33.7 Å². The zero-order valence-electron chi connectivity index (χ0n) is 18.6. The summed E-state index contributed by atoms with van der Waals surface area (Å²) < 4.78 is 10.9. The van der Waals surface area contributed by atoms with Crippen molar-refractivity contribution in [3.8, 4) is 11.5 Å². The van der Waals surface area contributed by atoms with E-state index < -0.39 is 0 Å². The number of nitrogens with zero attached hydrogens (tertiary/aromatic N) is 4. The van der Waals surface area contributed by atoms with E-state index >= 15 is 0 Å². The van der Waals surface area contributed by atoms with Crippen molar-refractivity contribution in [2.75, 3.05) is 18.6 Å². The van der Waals surface area contributed by atoms with E-state index in [9.17, 15) is 5.11 Å². The van der Waals surface area contributed by atoms with Crippen LogP contribution in [0.1, 0.15) is 35.0 Å². The number of aromatic hydroxyl groups is 1. The minimum atomic E-state index is 0.245. The molecule has 0 saturated heterocycles. The summed E-state index contributed by atoms with van der Waals surface area (Å²) in [4.78, 5) is 16.6. The molecule has 0 bridgehead atoms. The Bertz CT molecular complexity index is 1220. The summed E-state index contributed by atoms with van der Waals surface area (Å²) in [6, 6.07) is 17.2. The lowest BCUT2D eigenvalue weighted by Gasteiger charge is -2.30. The fourth-order valence-corrected chi connectivity index (χ4v) is 4.16. The number of benzene rings is 2. The highest BCUT2D eigenvalue weighted by atomic mass is 16.5. The van der Waals surface area contributed by atoms with Crippen LogP contribution in [0, 0.1) is 0 Å². The van der Waals surface area contributed by atoms with Crippen LogP contribution in [0.25, 0.3) is 0 Å². The Morgan fingerprint density at radius 1 is 1.00 bits per heavy atom. The zero-order chi connectivity index (χ0) is 22.6. The van der Waals surface area contributed by atoms with Crippen LogP contribution in [0.15, 0.2) is 65.3 Å². The lowest BCUT2D eigenvalue weighted by atomic mass is 10.0. The second-order valence-corrected chi connectivity index (χ2v) is 8.14. The van der Waals surface area contributed by atoms with E-state index in [0.29, 0.717) is 24.6 Å². The van der Waals surface area contributed by atoms with Crippen molar-refractivity contribution in [1.29, 1.82) is 0 Å². The molecule has 7 heteroatoms. The van der Waals surface area contributed by atoms with Gasteiger partial charge in [-0.05, 0) is 66.4 Å². The SMILES string of the molecule is COc1ccc2c(c1)CCCN2c1nc(CCc2ccco2)nc(Cc2ccc(O)cc2)n1. The number of aryl methyl sites for hydroxylation is 3. The summed E-state index contributed by atoms with van der Waals surface area (Å²) in [5.41, 5.74) is 3.38. The number of aromatic nitrogens is 3. The molecule has 0 fully saturated rings. The molecule has 0 aliphatic carbocycles. The van der Waals surface area contributed by atoms with Crippen LogP contribution >= 0.6 is 0 Å². The molecule has 168 valence electrons. The Morgan fingerprint density at radius 2 is 1.85 bits per heavy atom. The van der Waals surface area contributed by atoms with Crippen molar-refractivity contribution in [2.45, 2.75) is 32.1 Å². The number of phenolic OH excluding ortho intramolecular Hbond substituents is 1. The number of ether oxygens (including phenoxy) is 1. The van der Waals surface area contributed by atoms with Gasteiger partial charge < -0.3 is 19.2 Å². The second-order valence-electron chi connectivity index (χ2n) is 8.14. The van der Waals surface area contributed by atoms with Gasteiger partial charge >= 0.3 is 0 Å². The first-order valence-electron chi connectivity index (χ1n) is 11.2. The Morgan fingerprint density at radius 3 is 2.64 bits per heavy atom. The number of rotatable bonds is 7. The van der Waals surface area contributed by atoms with Crippen molar-refractivity contribution in [2.24, 2.45) is 0 Å². The minimum Gasteiger partial charge on any atom is -0.508 e. The van der Waals surface area contributed by atoms with Gasteiger partial charge in [0, 0.05) is 31.5 Å². The summed E-state index contributed by atoms with van der Waals surface area (Å²) in [6.45, 7) is 0.847. The van der Waals surface area contributed by atoms with E-state index in [1.807, 2.05) is 30.3 Å². The number of hydrogen-bond donors (Lipinski definition) is 1. The molecule has 1 N–H and O–H groups in total. The molecule has 0 amide bonds. The minimum absolute atomic E-state index is 0.245. The van der Waals surface area contributed by atoms with Gasteiger partial charge in [0.2, 0.25) is 5.95 Å². The third-order valence-corrected chi connectivity index (χ3v) is 5.84. The number of fused-ring (bicyclic) bond motifs is 1. The molecule has 1 aliphatic heterocycles. The van der Waals surface area contributed by atoms with Crippen molar-refractivity contribution in [1.82, 2.24) is 15.0 Å². The smallest absolute Gasteiger partial charge is 0.233 e. The van der Waals surface area contributed by atoms with E-state index in [1.54, 1.807) is 25.5 Å². The van der Waals surface area contributed by atoms with Crippen molar-refractivity contribution in [3.63, 3.8) is 0 Å². The van der Waals surface area contributed by atoms with E-state index in [4.69, 9.17) is 24.1 Å². The summed E-state index contributed by atoms with van der Waals surface area (Å²) in [5, 5.41) is 9.61. The van der Waals surface area contributed by atoms with Crippen LogP contribution in [0.3, 0.4) is 0 Å². The van der Waals surface area contributed by atoms with Gasteiger partial charge in [-0.3, -0.25) is 0 Å². The van der Waals surface area contributed by atoms with Gasteiger partial charge in [0.25, 0.3) is 0 Å². The largest absolute Gasteiger partial charge is 0.508 e. The average Bonchev–Trinajstić information content (AvgIpc) is 3.37. The molecule has 0 atom stereocenters. The molecule has 3 heterocycles. The Balaban J connectivity index is 1.49. The first kappa shape index (κ1) is 21.0. The normalized spacial score (nSPS) is 13.1. The van der Waals surface area contributed by atoms with E-state index in [1.165, 1.54) is 5.56 Å². The Kier molecular flexibility index (Phi) is 5.93. The predicted molar refractivity (Wildman–Crippen MR) is 125 cm³/mol. The molecule has 2 aromatic carbocycles. The summed E-state index contributed by atoms with van der Waals surface area (Å²) >= 11 is 0. The quantitative estimate of drug-likeness (QED) is 0.446. The van der Waals surface area contributed by atoms with Crippen molar-refractivity contribution < 1.29 is 14.3 Å². The zero-order valence-corrected chi connectivity index (χ0v) is 18.6. The summed E-state index contributed by atoms with van der Waals surface area (Å²) in [6.07, 6.45) is 5.65. The molecule has 0 saturated carbocycles.